The van der Waals surface area contributed by atoms with E-state index in [-0.39, 0.29) is 0 Å². The van der Waals surface area contributed by atoms with Crippen LogP contribution in [0.2, 0.25) is 0 Å². The van der Waals surface area contributed by atoms with Gasteiger partial charge >= 0.3 is 0 Å². The van der Waals surface area contributed by atoms with Crippen LogP contribution in [0.3, 0.4) is 0 Å². The van der Waals surface area contributed by atoms with Gasteiger partial charge in [0.25, 0.3) is 0 Å². The number of thiophene rings is 1. The number of benzene rings is 2. The van der Waals surface area contributed by atoms with E-state index in [0.717, 1.165) is 60.5 Å². The van der Waals surface area contributed by atoms with E-state index in [4.69, 9.17) is 14.7 Å². The Kier molecular flexibility index (Phi) is 5.70. The minimum Gasteiger partial charge on any atom is -0.495 e. The van der Waals surface area contributed by atoms with Crippen molar-refractivity contribution in [3.63, 3.8) is 0 Å². The van der Waals surface area contributed by atoms with E-state index in [9.17, 15) is 0 Å². The quantitative estimate of drug-likeness (QED) is 0.421. The van der Waals surface area contributed by atoms with Crippen LogP contribution in [0.5, 0.6) is 5.75 Å². The van der Waals surface area contributed by atoms with Crippen LogP contribution in [0.1, 0.15) is 21.8 Å². The molecule has 0 spiro atoms. The van der Waals surface area contributed by atoms with Crippen molar-refractivity contribution in [1.82, 2.24) is 9.97 Å². The van der Waals surface area contributed by atoms with Crippen molar-refractivity contribution >= 4 is 33.1 Å². The Morgan fingerprint density at radius 1 is 0.875 bits per heavy atom. The summed E-state index contributed by atoms with van der Waals surface area (Å²) in [6.07, 6.45) is 0.751. The molecule has 3 heterocycles. The summed E-state index contributed by atoms with van der Waals surface area (Å²) in [6, 6.07) is 18.7. The Hall–Kier alpha value is -3.12. The number of ether oxygens (including phenoxy) is 1. The average molecular weight is 445 g/mol. The third-order valence-corrected chi connectivity index (χ3v) is 7.37. The molecule has 4 aromatic rings. The topological polar surface area (TPSA) is 41.5 Å². The minimum absolute atomic E-state index is 0.751. The van der Waals surface area contributed by atoms with Gasteiger partial charge in [0, 0.05) is 37.5 Å². The standard InChI is InChI=1S/C26H28N4OS/c1-18-19(2)32-26-24(18)25(27-23(28-26)17-20-9-5-4-6-10-20)30-15-13-29(14-16-30)21-11-7-8-12-22(21)31-3/h4-12H,13-17H2,1-3H3. The normalized spacial score (nSPS) is 14.2. The number of anilines is 2. The van der Waals surface area contributed by atoms with Crippen molar-refractivity contribution in [2.75, 3.05) is 43.1 Å². The highest BCUT2D eigenvalue weighted by Gasteiger charge is 2.24. The van der Waals surface area contributed by atoms with Gasteiger partial charge in [-0.15, -0.1) is 11.3 Å². The van der Waals surface area contributed by atoms with Gasteiger partial charge in [0.15, 0.2) is 0 Å². The van der Waals surface area contributed by atoms with Crippen LogP contribution in [0.25, 0.3) is 10.2 Å². The fourth-order valence-corrected chi connectivity index (χ4v) is 5.45. The number of hydrogen-bond acceptors (Lipinski definition) is 6. The maximum atomic E-state index is 5.58. The predicted octanol–water partition coefficient (Wildman–Crippen LogP) is 5.23. The molecule has 1 fully saturated rings. The van der Waals surface area contributed by atoms with Crippen LogP contribution >= 0.6 is 11.3 Å². The van der Waals surface area contributed by atoms with Gasteiger partial charge in [0.1, 0.15) is 22.2 Å². The molecule has 6 heteroatoms. The van der Waals surface area contributed by atoms with Crippen LogP contribution in [-0.2, 0) is 6.42 Å². The molecule has 0 N–H and O–H groups in total. The second-order valence-corrected chi connectivity index (χ2v) is 9.44. The largest absolute Gasteiger partial charge is 0.495 e. The van der Waals surface area contributed by atoms with E-state index in [1.165, 1.54) is 21.4 Å². The highest BCUT2D eigenvalue weighted by Crippen LogP contribution is 2.36. The van der Waals surface area contributed by atoms with Crippen molar-refractivity contribution in [2.45, 2.75) is 20.3 Å². The number of methoxy groups -OCH3 is 1. The van der Waals surface area contributed by atoms with Crippen LogP contribution in [0, 0.1) is 13.8 Å². The smallest absolute Gasteiger partial charge is 0.142 e. The summed E-state index contributed by atoms with van der Waals surface area (Å²) in [4.78, 5) is 17.3. The third-order valence-electron chi connectivity index (χ3n) is 6.27. The Labute approximate surface area is 193 Å². The van der Waals surface area contributed by atoms with E-state index in [1.807, 2.05) is 18.2 Å². The summed E-state index contributed by atoms with van der Waals surface area (Å²) in [7, 11) is 1.74. The zero-order valence-electron chi connectivity index (χ0n) is 18.8. The number of rotatable bonds is 5. The van der Waals surface area contributed by atoms with E-state index < -0.39 is 0 Å². The Morgan fingerprint density at radius 2 is 1.56 bits per heavy atom. The Balaban J connectivity index is 1.45. The first-order chi connectivity index (χ1) is 15.6. The number of fused-ring (bicyclic) bond motifs is 1. The first-order valence-corrected chi connectivity index (χ1v) is 11.9. The number of aryl methyl sites for hydroxylation is 2. The lowest BCUT2D eigenvalue weighted by atomic mass is 10.1. The lowest BCUT2D eigenvalue weighted by Crippen LogP contribution is -2.47. The molecular weight excluding hydrogens is 416 g/mol. The molecule has 2 aromatic carbocycles. The molecule has 0 bridgehead atoms. The fourth-order valence-electron chi connectivity index (χ4n) is 4.41. The van der Waals surface area contributed by atoms with Gasteiger partial charge in [0.05, 0.1) is 18.2 Å². The van der Waals surface area contributed by atoms with Crippen molar-refractivity contribution in [3.05, 3.63) is 76.4 Å². The molecule has 32 heavy (non-hydrogen) atoms. The van der Waals surface area contributed by atoms with E-state index in [2.05, 4.69) is 60.0 Å². The average Bonchev–Trinajstić information content (AvgIpc) is 3.12. The second-order valence-electron chi connectivity index (χ2n) is 8.24. The Bertz CT molecular complexity index is 1230. The molecule has 2 aromatic heterocycles. The molecule has 0 radical (unpaired) electrons. The van der Waals surface area contributed by atoms with Crippen LogP contribution < -0.4 is 14.5 Å². The summed E-state index contributed by atoms with van der Waals surface area (Å²) in [5.74, 6) is 2.91. The van der Waals surface area contributed by atoms with Gasteiger partial charge in [-0.1, -0.05) is 42.5 Å². The SMILES string of the molecule is COc1ccccc1N1CCN(c2nc(Cc3ccccc3)nc3sc(C)c(C)c23)CC1. The van der Waals surface area contributed by atoms with E-state index >= 15 is 0 Å². The molecule has 1 aliphatic rings. The summed E-state index contributed by atoms with van der Waals surface area (Å²) in [5.41, 5.74) is 3.71. The molecule has 164 valence electrons. The van der Waals surface area contributed by atoms with Gasteiger partial charge in [-0.05, 0) is 37.1 Å². The Morgan fingerprint density at radius 3 is 2.31 bits per heavy atom. The monoisotopic (exact) mass is 444 g/mol. The summed E-state index contributed by atoms with van der Waals surface area (Å²) in [5, 5.41) is 1.22. The summed E-state index contributed by atoms with van der Waals surface area (Å²) in [6.45, 7) is 8.08. The molecular formula is C26H28N4OS. The molecule has 1 aliphatic heterocycles. The lowest BCUT2D eigenvalue weighted by molar-refractivity contribution is 0.413. The van der Waals surface area contributed by atoms with E-state index in [0.29, 0.717) is 0 Å². The number of aromatic nitrogens is 2. The van der Waals surface area contributed by atoms with Crippen molar-refractivity contribution in [1.29, 1.82) is 0 Å². The molecule has 5 nitrogen and oxygen atoms in total. The maximum Gasteiger partial charge on any atom is 0.142 e. The molecule has 0 atom stereocenters. The molecule has 0 saturated carbocycles. The zero-order valence-corrected chi connectivity index (χ0v) is 19.7. The van der Waals surface area contributed by atoms with E-state index in [1.54, 1.807) is 18.4 Å². The minimum atomic E-state index is 0.751. The third kappa shape index (κ3) is 3.91. The number of piperazine rings is 1. The van der Waals surface area contributed by atoms with Gasteiger partial charge < -0.3 is 14.5 Å². The van der Waals surface area contributed by atoms with Crippen LogP contribution in [0.15, 0.2) is 54.6 Å². The first kappa shape index (κ1) is 20.8. The zero-order chi connectivity index (χ0) is 22.1. The summed E-state index contributed by atoms with van der Waals surface area (Å²) >= 11 is 1.78. The number of nitrogens with zero attached hydrogens (tertiary/aromatic N) is 4. The first-order valence-electron chi connectivity index (χ1n) is 11.1. The molecule has 0 unspecified atom stereocenters. The number of hydrogen-bond donors (Lipinski definition) is 0. The molecule has 0 amide bonds. The maximum absolute atomic E-state index is 5.58. The van der Waals surface area contributed by atoms with Gasteiger partial charge in [-0.3, -0.25) is 0 Å². The fraction of sp³-hybridized carbons (Fsp3) is 0.308. The summed E-state index contributed by atoms with van der Waals surface area (Å²) < 4.78 is 5.58. The van der Waals surface area contributed by atoms with Crippen LogP contribution in [-0.4, -0.2) is 43.3 Å². The van der Waals surface area contributed by atoms with Gasteiger partial charge in [0.2, 0.25) is 0 Å². The highest BCUT2D eigenvalue weighted by molar-refractivity contribution is 7.18. The highest BCUT2D eigenvalue weighted by atomic mass is 32.1. The molecule has 0 aliphatic carbocycles. The second kappa shape index (κ2) is 8.79. The van der Waals surface area contributed by atoms with Crippen molar-refractivity contribution in [2.24, 2.45) is 0 Å². The lowest BCUT2D eigenvalue weighted by Gasteiger charge is -2.37. The molecule has 5 rings (SSSR count). The van der Waals surface area contributed by atoms with Gasteiger partial charge in [-0.25, -0.2) is 9.97 Å². The van der Waals surface area contributed by atoms with Crippen LogP contribution in [0.4, 0.5) is 11.5 Å². The van der Waals surface area contributed by atoms with Gasteiger partial charge in [-0.2, -0.15) is 0 Å². The number of para-hydroxylation sites is 2. The predicted molar refractivity (Wildman–Crippen MR) is 134 cm³/mol. The van der Waals surface area contributed by atoms with Crippen molar-refractivity contribution in [3.8, 4) is 5.75 Å². The molecule has 1 saturated heterocycles. The van der Waals surface area contributed by atoms with Crippen molar-refractivity contribution < 1.29 is 4.74 Å².